The first kappa shape index (κ1) is 17.4. The van der Waals surface area contributed by atoms with Gasteiger partial charge in [0, 0.05) is 42.3 Å². The number of hydrogen-bond acceptors (Lipinski definition) is 3. The van der Waals surface area contributed by atoms with E-state index in [1.165, 1.54) is 0 Å². The monoisotopic (exact) mass is 393 g/mol. The van der Waals surface area contributed by atoms with Crippen LogP contribution in [0.3, 0.4) is 0 Å². The van der Waals surface area contributed by atoms with Crippen LogP contribution >= 0.6 is 15.9 Å². The fourth-order valence-corrected chi connectivity index (χ4v) is 3.84. The summed E-state index contributed by atoms with van der Waals surface area (Å²) < 4.78 is 1.02. The maximum atomic E-state index is 12.8. The van der Waals surface area contributed by atoms with Gasteiger partial charge in [0.2, 0.25) is 11.8 Å². The van der Waals surface area contributed by atoms with Gasteiger partial charge in [-0.25, -0.2) is 0 Å². The van der Waals surface area contributed by atoms with Gasteiger partial charge in [-0.15, -0.1) is 0 Å². The Morgan fingerprint density at radius 1 is 1.33 bits per heavy atom. The Labute approximate surface area is 151 Å². The Kier molecular flexibility index (Phi) is 5.25. The fourth-order valence-electron chi connectivity index (χ4n) is 3.59. The van der Waals surface area contributed by atoms with E-state index >= 15 is 0 Å². The van der Waals surface area contributed by atoms with E-state index in [0.717, 1.165) is 41.7 Å². The van der Waals surface area contributed by atoms with Crippen molar-refractivity contribution in [3.05, 3.63) is 28.2 Å². The molecule has 6 heteroatoms. The van der Waals surface area contributed by atoms with E-state index in [1.54, 1.807) is 4.90 Å². The molecule has 0 saturated carbocycles. The summed E-state index contributed by atoms with van der Waals surface area (Å²) in [7, 11) is 1.94. The molecule has 24 heavy (non-hydrogen) atoms. The van der Waals surface area contributed by atoms with Crippen molar-refractivity contribution in [2.75, 3.05) is 31.6 Å². The van der Waals surface area contributed by atoms with Crippen LogP contribution in [-0.2, 0) is 9.59 Å². The number of likely N-dealkylation sites (N-methyl/N-ethyl adjacent to an activating group) is 1. The van der Waals surface area contributed by atoms with Crippen LogP contribution in [-0.4, -0.2) is 49.4 Å². The summed E-state index contributed by atoms with van der Waals surface area (Å²) in [5.74, 6) is -0.0612. The molecule has 2 aliphatic rings. The summed E-state index contributed by atoms with van der Waals surface area (Å²) in [4.78, 5) is 28.9. The first-order valence-corrected chi connectivity index (χ1v) is 9.31. The molecule has 0 bridgehead atoms. The number of anilines is 1. The molecule has 2 unspecified atom stereocenters. The van der Waals surface area contributed by atoms with Gasteiger partial charge < -0.3 is 15.1 Å². The number of nitrogens with one attached hydrogen (secondary N) is 1. The topological polar surface area (TPSA) is 52.7 Å². The molecule has 0 aromatic heterocycles. The molecule has 2 atom stereocenters. The second-order valence-electron chi connectivity index (χ2n) is 6.75. The van der Waals surface area contributed by atoms with Gasteiger partial charge in [0.15, 0.2) is 0 Å². The minimum atomic E-state index is -0.225. The average molecular weight is 394 g/mol. The van der Waals surface area contributed by atoms with Gasteiger partial charge in [0.25, 0.3) is 0 Å². The molecule has 0 radical (unpaired) electrons. The second kappa shape index (κ2) is 7.23. The number of carbonyl (C=O) groups is 2. The number of hydrogen-bond donors (Lipinski definition) is 1. The number of rotatable bonds is 3. The third-order valence-electron chi connectivity index (χ3n) is 5.07. The fraction of sp³-hybridized carbons (Fsp3) is 0.556. The van der Waals surface area contributed by atoms with Crippen molar-refractivity contribution in [3.63, 3.8) is 0 Å². The molecule has 2 amide bonds. The van der Waals surface area contributed by atoms with Gasteiger partial charge in [-0.2, -0.15) is 0 Å². The molecular weight excluding hydrogens is 370 g/mol. The van der Waals surface area contributed by atoms with Crippen molar-refractivity contribution in [2.24, 2.45) is 5.92 Å². The summed E-state index contributed by atoms with van der Waals surface area (Å²) in [6.45, 7) is 4.04. The first-order chi connectivity index (χ1) is 11.5. The third-order valence-corrected chi connectivity index (χ3v) is 5.96. The smallest absolute Gasteiger partial charge is 0.228 e. The van der Waals surface area contributed by atoms with Crippen LogP contribution in [0.25, 0.3) is 0 Å². The Morgan fingerprint density at radius 3 is 2.83 bits per heavy atom. The highest BCUT2D eigenvalue weighted by Gasteiger charge is 2.38. The molecule has 1 N–H and O–H groups in total. The predicted octanol–water partition coefficient (Wildman–Crippen LogP) is 2.32. The molecule has 1 aromatic carbocycles. The SMILES string of the molecule is CNC1CCCN(C(=O)C2CC(=O)N(c3ccc(Br)c(C)c3)C2)C1. The van der Waals surface area contributed by atoms with E-state index in [9.17, 15) is 9.59 Å². The number of carbonyl (C=O) groups excluding carboxylic acids is 2. The molecular formula is C18H24BrN3O2. The number of amides is 2. The van der Waals surface area contributed by atoms with Crippen molar-refractivity contribution in [1.82, 2.24) is 10.2 Å². The lowest BCUT2D eigenvalue weighted by Crippen LogP contribution is -2.49. The summed E-state index contributed by atoms with van der Waals surface area (Å²) in [5, 5.41) is 3.26. The van der Waals surface area contributed by atoms with Gasteiger partial charge >= 0.3 is 0 Å². The van der Waals surface area contributed by atoms with Crippen LogP contribution in [0.5, 0.6) is 0 Å². The van der Waals surface area contributed by atoms with Crippen molar-refractivity contribution in [2.45, 2.75) is 32.2 Å². The molecule has 1 aromatic rings. The van der Waals surface area contributed by atoms with Gasteiger partial charge in [-0.3, -0.25) is 9.59 Å². The molecule has 3 rings (SSSR count). The molecule has 2 aliphatic heterocycles. The van der Waals surface area contributed by atoms with Crippen LogP contribution in [0, 0.1) is 12.8 Å². The normalized spacial score (nSPS) is 24.5. The lowest BCUT2D eigenvalue weighted by Gasteiger charge is -2.34. The van der Waals surface area contributed by atoms with Crippen LogP contribution in [0.1, 0.15) is 24.8 Å². The highest BCUT2D eigenvalue weighted by molar-refractivity contribution is 9.10. The van der Waals surface area contributed by atoms with Crippen molar-refractivity contribution in [1.29, 1.82) is 0 Å². The van der Waals surface area contributed by atoms with Crippen LogP contribution in [0.15, 0.2) is 22.7 Å². The van der Waals surface area contributed by atoms with Gasteiger partial charge in [-0.05, 0) is 50.6 Å². The zero-order chi connectivity index (χ0) is 17.3. The van der Waals surface area contributed by atoms with Crippen LogP contribution in [0.4, 0.5) is 5.69 Å². The average Bonchev–Trinajstić information content (AvgIpc) is 2.98. The van der Waals surface area contributed by atoms with E-state index in [1.807, 2.05) is 37.1 Å². The standard InChI is InChI=1S/C18H24BrN3O2/c1-12-8-15(5-6-16(12)19)22-10-13(9-17(22)23)18(24)21-7-3-4-14(11-21)20-2/h5-6,8,13-14,20H,3-4,7,9-11H2,1-2H3. The van der Waals surface area contributed by atoms with Crippen LogP contribution < -0.4 is 10.2 Å². The predicted molar refractivity (Wildman–Crippen MR) is 98.0 cm³/mol. The summed E-state index contributed by atoms with van der Waals surface area (Å²) in [5.41, 5.74) is 1.96. The van der Waals surface area contributed by atoms with Crippen molar-refractivity contribution >= 4 is 33.4 Å². The summed E-state index contributed by atoms with van der Waals surface area (Å²) in [6, 6.07) is 6.24. The molecule has 2 saturated heterocycles. The first-order valence-electron chi connectivity index (χ1n) is 8.52. The maximum Gasteiger partial charge on any atom is 0.228 e. The lowest BCUT2D eigenvalue weighted by atomic mass is 10.0. The van der Waals surface area contributed by atoms with Crippen LogP contribution in [0.2, 0.25) is 0 Å². The quantitative estimate of drug-likeness (QED) is 0.856. The third kappa shape index (κ3) is 3.49. The highest BCUT2D eigenvalue weighted by atomic mass is 79.9. The second-order valence-corrected chi connectivity index (χ2v) is 7.61. The Balaban J connectivity index is 1.69. The highest BCUT2D eigenvalue weighted by Crippen LogP contribution is 2.29. The minimum absolute atomic E-state index is 0.0391. The zero-order valence-electron chi connectivity index (χ0n) is 14.2. The maximum absolute atomic E-state index is 12.8. The van der Waals surface area contributed by atoms with Crippen molar-refractivity contribution < 1.29 is 9.59 Å². The van der Waals surface area contributed by atoms with Crippen molar-refractivity contribution in [3.8, 4) is 0 Å². The van der Waals surface area contributed by atoms with Gasteiger partial charge in [-0.1, -0.05) is 15.9 Å². The van der Waals surface area contributed by atoms with E-state index in [2.05, 4.69) is 21.2 Å². The number of piperidine rings is 1. The molecule has 130 valence electrons. The molecule has 0 aliphatic carbocycles. The minimum Gasteiger partial charge on any atom is -0.341 e. The van der Waals surface area contributed by atoms with Gasteiger partial charge in [0.1, 0.15) is 0 Å². The molecule has 2 heterocycles. The Bertz CT molecular complexity index is 649. The zero-order valence-corrected chi connectivity index (χ0v) is 15.8. The molecule has 2 fully saturated rings. The van der Waals surface area contributed by atoms with E-state index in [0.29, 0.717) is 19.0 Å². The molecule has 0 spiro atoms. The number of benzene rings is 1. The largest absolute Gasteiger partial charge is 0.341 e. The Morgan fingerprint density at radius 2 is 2.12 bits per heavy atom. The number of likely N-dealkylation sites (tertiary alicyclic amines) is 1. The van der Waals surface area contributed by atoms with Gasteiger partial charge in [0.05, 0.1) is 5.92 Å². The Hall–Kier alpha value is -1.40. The molecule has 5 nitrogen and oxygen atoms in total. The lowest BCUT2D eigenvalue weighted by molar-refractivity contribution is -0.137. The number of aryl methyl sites for hydroxylation is 1. The van der Waals surface area contributed by atoms with E-state index in [-0.39, 0.29) is 17.7 Å². The van der Waals surface area contributed by atoms with E-state index < -0.39 is 0 Å². The van der Waals surface area contributed by atoms with E-state index in [4.69, 9.17) is 0 Å². The number of nitrogens with zero attached hydrogens (tertiary/aromatic N) is 2. The number of halogens is 1. The summed E-state index contributed by atoms with van der Waals surface area (Å²) in [6.07, 6.45) is 2.44. The summed E-state index contributed by atoms with van der Waals surface area (Å²) >= 11 is 3.48.